The summed E-state index contributed by atoms with van der Waals surface area (Å²) < 4.78 is 75.6. The first-order valence-electron chi connectivity index (χ1n) is 7.82. The van der Waals surface area contributed by atoms with Crippen molar-refractivity contribution in [2.24, 2.45) is 4.99 Å². The van der Waals surface area contributed by atoms with Gasteiger partial charge in [0.15, 0.2) is 5.82 Å². The van der Waals surface area contributed by atoms with Gasteiger partial charge in [0.05, 0.1) is 5.56 Å². The molecule has 1 amide bonds. The van der Waals surface area contributed by atoms with Crippen LogP contribution in [0.1, 0.15) is 35.5 Å². The zero-order valence-corrected chi connectivity index (χ0v) is 14.5. The minimum Gasteiger partial charge on any atom is -0.309 e. The molecular weight excluding hydrogens is 392 g/mol. The van der Waals surface area contributed by atoms with Gasteiger partial charge < -0.3 is 5.32 Å². The topological polar surface area (TPSA) is 82.2 Å². The second-order valence-corrected chi connectivity index (χ2v) is 5.89. The number of aliphatic imine (C=N–C) groups is 1. The Bertz CT molecular complexity index is 852. The lowest BCUT2D eigenvalue weighted by atomic mass is 10.1. The Morgan fingerprint density at radius 2 is 1.68 bits per heavy atom. The van der Waals surface area contributed by atoms with E-state index in [1.54, 1.807) is 18.9 Å². The predicted molar refractivity (Wildman–Crippen MR) is 88.7 cm³/mol. The third-order valence-corrected chi connectivity index (χ3v) is 3.22. The summed E-state index contributed by atoms with van der Waals surface area (Å²) in [5.74, 6) is -1.26. The van der Waals surface area contributed by atoms with Gasteiger partial charge in [0, 0.05) is 17.7 Å². The van der Waals surface area contributed by atoms with Crippen LogP contribution in [-0.4, -0.2) is 28.1 Å². The van der Waals surface area contributed by atoms with E-state index < -0.39 is 29.5 Å². The van der Waals surface area contributed by atoms with E-state index in [1.807, 2.05) is 0 Å². The molecule has 0 fully saturated rings. The number of carbonyl (C=O) groups excluding carboxylic acids is 1. The highest BCUT2D eigenvalue weighted by Gasteiger charge is 2.33. The van der Waals surface area contributed by atoms with Crippen LogP contribution in [0.2, 0.25) is 0 Å². The summed E-state index contributed by atoms with van der Waals surface area (Å²) in [7, 11) is 0. The largest absolute Gasteiger partial charge is 0.432 e. The van der Waals surface area contributed by atoms with Crippen LogP contribution in [-0.2, 0) is 12.4 Å². The zero-order chi connectivity index (χ0) is 21.1. The summed E-state index contributed by atoms with van der Waals surface area (Å²) in [5.41, 5.74) is -2.12. The molecule has 12 heteroatoms. The number of nitrogens with one attached hydrogen (secondary N) is 3. The summed E-state index contributed by atoms with van der Waals surface area (Å²) in [6, 6.07) is 3.76. The molecule has 0 atom stereocenters. The van der Waals surface area contributed by atoms with Crippen LogP contribution in [0.25, 0.3) is 0 Å². The number of rotatable bonds is 3. The van der Waals surface area contributed by atoms with E-state index >= 15 is 0 Å². The highest BCUT2D eigenvalue weighted by Crippen LogP contribution is 2.29. The monoisotopic (exact) mass is 407 g/mol. The van der Waals surface area contributed by atoms with Crippen LogP contribution in [0.3, 0.4) is 0 Å². The van der Waals surface area contributed by atoms with Gasteiger partial charge in [-0.05, 0) is 38.1 Å². The molecule has 0 aliphatic carbocycles. The molecule has 1 heterocycles. The molecule has 1 aromatic heterocycles. The molecule has 0 aliphatic rings. The number of amides is 1. The maximum Gasteiger partial charge on any atom is 0.432 e. The smallest absolute Gasteiger partial charge is 0.309 e. The molecule has 3 N–H and O–H groups in total. The number of aromatic nitrogens is 2. The molecule has 152 valence electrons. The second kappa shape index (κ2) is 7.90. The predicted octanol–water partition coefficient (Wildman–Crippen LogP) is 4.05. The van der Waals surface area contributed by atoms with Crippen LogP contribution in [0.5, 0.6) is 0 Å². The summed E-state index contributed by atoms with van der Waals surface area (Å²) in [6.07, 6.45) is -9.18. The number of benzene rings is 1. The van der Waals surface area contributed by atoms with E-state index in [-0.39, 0.29) is 23.4 Å². The van der Waals surface area contributed by atoms with Crippen molar-refractivity contribution in [3.05, 3.63) is 47.2 Å². The molecule has 2 aromatic rings. The average Bonchev–Trinajstić information content (AvgIpc) is 3.02. The molecule has 0 saturated heterocycles. The number of aromatic amines is 1. The van der Waals surface area contributed by atoms with Gasteiger partial charge in [0.1, 0.15) is 5.69 Å². The molecular formula is C16H15F6N5O. The van der Waals surface area contributed by atoms with Gasteiger partial charge in [0.2, 0.25) is 5.96 Å². The third-order valence-electron chi connectivity index (χ3n) is 3.22. The molecule has 2 rings (SSSR count). The summed E-state index contributed by atoms with van der Waals surface area (Å²) in [4.78, 5) is 16.3. The summed E-state index contributed by atoms with van der Waals surface area (Å²) >= 11 is 0. The van der Waals surface area contributed by atoms with Crippen molar-refractivity contribution >= 4 is 17.7 Å². The minimum absolute atomic E-state index is 0.0933. The van der Waals surface area contributed by atoms with E-state index in [0.717, 1.165) is 24.3 Å². The number of guanidine groups is 1. The standard InChI is InChI=1S/C16H15F6N5O/c1-8(2)23-14(24-12-7-11(26-27-12)16(20,21)22)25-13(28)9-3-5-10(6-4-9)15(17,18)19/h3-8H,1-2H3,(H3,23,24,25,26,27,28). The molecule has 0 spiro atoms. The van der Waals surface area contributed by atoms with Gasteiger partial charge >= 0.3 is 12.4 Å². The molecule has 0 radical (unpaired) electrons. The first-order valence-corrected chi connectivity index (χ1v) is 7.82. The zero-order valence-electron chi connectivity index (χ0n) is 14.5. The van der Waals surface area contributed by atoms with E-state index in [1.165, 1.54) is 0 Å². The lowest BCUT2D eigenvalue weighted by molar-refractivity contribution is -0.141. The van der Waals surface area contributed by atoms with Crippen LogP contribution in [0.15, 0.2) is 35.3 Å². The number of nitrogens with zero attached hydrogens (tertiary/aromatic N) is 2. The maximum absolute atomic E-state index is 12.6. The minimum atomic E-state index is -4.63. The van der Waals surface area contributed by atoms with Crippen LogP contribution in [0, 0.1) is 0 Å². The number of anilines is 1. The van der Waals surface area contributed by atoms with Crippen molar-refractivity contribution in [1.29, 1.82) is 0 Å². The number of halogens is 6. The van der Waals surface area contributed by atoms with Gasteiger partial charge in [-0.3, -0.25) is 15.2 Å². The third kappa shape index (κ3) is 5.72. The van der Waals surface area contributed by atoms with Gasteiger partial charge in [-0.25, -0.2) is 4.99 Å². The fourth-order valence-corrected chi connectivity index (χ4v) is 2.00. The number of hydrogen-bond acceptors (Lipinski definition) is 3. The lowest BCUT2D eigenvalue weighted by Gasteiger charge is -2.12. The van der Waals surface area contributed by atoms with Crippen LogP contribution in [0.4, 0.5) is 32.2 Å². The van der Waals surface area contributed by atoms with Crippen molar-refractivity contribution in [3.8, 4) is 0 Å². The Kier molecular flexibility index (Phi) is 6.00. The van der Waals surface area contributed by atoms with E-state index in [4.69, 9.17) is 0 Å². The molecule has 6 nitrogen and oxygen atoms in total. The second-order valence-electron chi connectivity index (χ2n) is 5.89. The fourth-order valence-electron chi connectivity index (χ4n) is 2.00. The SMILES string of the molecule is CC(C)N=C(NC(=O)c1ccc(C(F)(F)F)cc1)Nc1cc(C(F)(F)F)[nH]n1. The Balaban J connectivity index is 2.16. The molecule has 1 aromatic carbocycles. The van der Waals surface area contributed by atoms with Crippen molar-refractivity contribution in [2.45, 2.75) is 32.2 Å². The number of hydrogen-bond donors (Lipinski definition) is 3. The quantitative estimate of drug-likeness (QED) is 0.408. The average molecular weight is 407 g/mol. The van der Waals surface area contributed by atoms with Crippen molar-refractivity contribution in [3.63, 3.8) is 0 Å². The van der Waals surface area contributed by atoms with Crippen LogP contribution < -0.4 is 10.6 Å². The fraction of sp³-hybridized carbons (Fsp3) is 0.312. The van der Waals surface area contributed by atoms with Crippen molar-refractivity contribution in [2.75, 3.05) is 5.32 Å². The van der Waals surface area contributed by atoms with Crippen molar-refractivity contribution in [1.82, 2.24) is 15.5 Å². The number of alkyl halides is 6. The van der Waals surface area contributed by atoms with E-state index in [0.29, 0.717) is 6.07 Å². The Morgan fingerprint density at radius 1 is 1.07 bits per heavy atom. The summed E-state index contributed by atoms with van der Waals surface area (Å²) in [5, 5.41) is 9.97. The summed E-state index contributed by atoms with van der Waals surface area (Å²) in [6.45, 7) is 3.30. The van der Waals surface area contributed by atoms with Gasteiger partial charge in [0.25, 0.3) is 5.91 Å². The van der Waals surface area contributed by atoms with Gasteiger partial charge in [-0.15, -0.1) is 0 Å². The molecule has 0 bridgehead atoms. The van der Waals surface area contributed by atoms with Crippen molar-refractivity contribution < 1.29 is 31.1 Å². The first-order chi connectivity index (χ1) is 12.9. The van der Waals surface area contributed by atoms with Crippen LogP contribution >= 0.6 is 0 Å². The Morgan fingerprint density at radius 3 is 2.14 bits per heavy atom. The van der Waals surface area contributed by atoms with E-state index in [2.05, 4.69) is 20.7 Å². The normalized spacial score (nSPS) is 13.0. The molecule has 0 unspecified atom stereocenters. The number of H-pyrrole nitrogens is 1. The highest BCUT2D eigenvalue weighted by molar-refractivity contribution is 6.09. The number of carbonyl (C=O) groups is 1. The molecule has 28 heavy (non-hydrogen) atoms. The molecule has 0 aliphatic heterocycles. The maximum atomic E-state index is 12.6. The van der Waals surface area contributed by atoms with Gasteiger partial charge in [-0.1, -0.05) is 0 Å². The van der Waals surface area contributed by atoms with Gasteiger partial charge in [-0.2, -0.15) is 31.4 Å². The van der Waals surface area contributed by atoms with E-state index in [9.17, 15) is 31.1 Å². The molecule has 0 saturated carbocycles. The Labute approximate surface area is 155 Å². The Hall–Kier alpha value is -3.05. The lowest BCUT2D eigenvalue weighted by Crippen LogP contribution is -2.36. The first kappa shape index (κ1) is 21.3. The highest BCUT2D eigenvalue weighted by atomic mass is 19.4.